The monoisotopic (exact) mass is 249 g/mol. The van der Waals surface area contributed by atoms with Crippen molar-refractivity contribution in [1.82, 2.24) is 4.57 Å². The number of hydrogen-bond acceptors (Lipinski definition) is 1. The summed E-state index contributed by atoms with van der Waals surface area (Å²) in [4.78, 5) is 11.8. The summed E-state index contributed by atoms with van der Waals surface area (Å²) in [5.74, 6) is 0.368. The molecule has 3 aromatic rings. The lowest BCUT2D eigenvalue weighted by molar-refractivity contribution is -0.118. The molecule has 2 aromatic carbocycles. The largest absolute Gasteiger partial charge is 0.347 e. The third kappa shape index (κ3) is 1.40. The summed E-state index contributed by atoms with van der Waals surface area (Å²) >= 11 is 0. The van der Waals surface area contributed by atoms with E-state index in [1.54, 1.807) is 0 Å². The topological polar surface area (TPSA) is 22.0 Å². The summed E-state index contributed by atoms with van der Waals surface area (Å²) in [6.45, 7) is 0. The molecule has 0 amide bonds. The Kier molecular flexibility index (Phi) is 2.10. The third-order valence-electron chi connectivity index (χ3n) is 4.34. The van der Waals surface area contributed by atoms with E-state index in [2.05, 4.69) is 48.0 Å². The lowest BCUT2D eigenvalue weighted by atomic mass is 9.92. The van der Waals surface area contributed by atoms with Gasteiger partial charge in [0.1, 0.15) is 5.78 Å². The van der Waals surface area contributed by atoms with E-state index in [0.29, 0.717) is 18.6 Å². The van der Waals surface area contributed by atoms with E-state index in [4.69, 9.17) is 0 Å². The molecule has 0 atom stereocenters. The van der Waals surface area contributed by atoms with Gasteiger partial charge in [-0.1, -0.05) is 30.3 Å². The fraction of sp³-hybridized carbons (Fsp3) is 0.235. The first-order valence-corrected chi connectivity index (χ1v) is 6.75. The van der Waals surface area contributed by atoms with Crippen molar-refractivity contribution in [3.63, 3.8) is 0 Å². The van der Waals surface area contributed by atoms with E-state index in [9.17, 15) is 4.79 Å². The first-order valence-electron chi connectivity index (χ1n) is 6.75. The van der Waals surface area contributed by atoms with E-state index >= 15 is 0 Å². The smallest absolute Gasteiger partial charge is 0.137 e. The maximum atomic E-state index is 11.8. The van der Waals surface area contributed by atoms with Gasteiger partial charge in [-0.15, -0.1) is 0 Å². The quantitative estimate of drug-likeness (QED) is 0.598. The highest BCUT2D eigenvalue weighted by molar-refractivity contribution is 6.10. The van der Waals surface area contributed by atoms with Crippen molar-refractivity contribution in [1.29, 1.82) is 0 Å². The second-order valence-corrected chi connectivity index (χ2v) is 5.38. The van der Waals surface area contributed by atoms with Crippen LogP contribution in [0.5, 0.6) is 0 Å². The number of fused-ring (bicyclic) bond motifs is 5. The number of nitrogens with zero attached hydrogens (tertiary/aromatic N) is 1. The molecule has 0 radical (unpaired) electrons. The molecule has 0 saturated heterocycles. The summed E-state index contributed by atoms with van der Waals surface area (Å²) in [7, 11) is 2.12. The summed E-state index contributed by atoms with van der Waals surface area (Å²) < 4.78 is 2.27. The molecule has 0 aliphatic heterocycles. The van der Waals surface area contributed by atoms with Gasteiger partial charge >= 0.3 is 0 Å². The van der Waals surface area contributed by atoms with Gasteiger partial charge in [-0.25, -0.2) is 0 Å². The number of aryl methyl sites for hydroxylation is 1. The fourth-order valence-corrected chi connectivity index (χ4v) is 3.40. The van der Waals surface area contributed by atoms with E-state index in [-0.39, 0.29) is 0 Å². The number of ketones is 1. The SMILES string of the molecule is Cn1c2c(c3c4ccccc4ccc31)CC(=O)CC2. The van der Waals surface area contributed by atoms with Crippen molar-refractivity contribution in [2.45, 2.75) is 19.3 Å². The Morgan fingerprint density at radius 3 is 2.79 bits per heavy atom. The lowest BCUT2D eigenvalue weighted by Gasteiger charge is -2.12. The number of benzene rings is 2. The van der Waals surface area contributed by atoms with Crippen molar-refractivity contribution in [2.75, 3.05) is 0 Å². The molecule has 4 rings (SSSR count). The minimum absolute atomic E-state index is 0.368. The standard InChI is InChI=1S/C17H15NO/c1-18-15-9-7-12(19)10-14(15)17-13-5-3-2-4-11(13)6-8-16(17)18/h2-6,8H,7,9-10H2,1H3. The van der Waals surface area contributed by atoms with Gasteiger partial charge in [-0.2, -0.15) is 0 Å². The average Bonchev–Trinajstić information content (AvgIpc) is 2.72. The molecule has 19 heavy (non-hydrogen) atoms. The Labute approximate surface area is 111 Å². The maximum absolute atomic E-state index is 11.8. The van der Waals surface area contributed by atoms with Gasteiger partial charge in [-0.3, -0.25) is 4.79 Å². The number of aromatic nitrogens is 1. The summed E-state index contributed by atoms with van der Waals surface area (Å²) in [5, 5.41) is 3.80. The molecule has 1 aliphatic rings. The molecule has 2 nitrogen and oxygen atoms in total. The van der Waals surface area contributed by atoms with Gasteiger partial charge in [0.2, 0.25) is 0 Å². The average molecular weight is 249 g/mol. The highest BCUT2D eigenvalue weighted by atomic mass is 16.1. The summed E-state index contributed by atoms with van der Waals surface area (Å²) in [5.41, 5.74) is 3.84. The van der Waals surface area contributed by atoms with Gasteiger partial charge in [0, 0.05) is 36.5 Å². The number of carbonyl (C=O) groups excluding carboxylic acids is 1. The maximum Gasteiger partial charge on any atom is 0.137 e. The van der Waals surface area contributed by atoms with Crippen LogP contribution in [0.3, 0.4) is 0 Å². The zero-order chi connectivity index (χ0) is 13.0. The first kappa shape index (κ1) is 10.8. The Hall–Kier alpha value is -2.09. The Bertz CT molecular complexity index is 826. The molecule has 0 bridgehead atoms. The Balaban J connectivity index is 2.21. The second-order valence-electron chi connectivity index (χ2n) is 5.38. The van der Waals surface area contributed by atoms with Crippen LogP contribution in [-0.4, -0.2) is 10.4 Å². The van der Waals surface area contributed by atoms with Gasteiger partial charge in [-0.05, 0) is 28.8 Å². The predicted octanol–water partition coefficient (Wildman–Crippen LogP) is 3.39. The second kappa shape index (κ2) is 3.70. The molecule has 0 spiro atoms. The number of hydrogen-bond donors (Lipinski definition) is 0. The highest BCUT2D eigenvalue weighted by Crippen LogP contribution is 2.35. The lowest BCUT2D eigenvalue weighted by Crippen LogP contribution is -2.14. The van der Waals surface area contributed by atoms with Crippen LogP contribution in [0.25, 0.3) is 21.7 Å². The molecule has 2 heteroatoms. The summed E-state index contributed by atoms with van der Waals surface area (Å²) in [6.07, 6.45) is 2.17. The highest BCUT2D eigenvalue weighted by Gasteiger charge is 2.23. The van der Waals surface area contributed by atoms with Crippen LogP contribution >= 0.6 is 0 Å². The zero-order valence-electron chi connectivity index (χ0n) is 10.9. The van der Waals surface area contributed by atoms with Crippen LogP contribution in [-0.2, 0) is 24.7 Å². The molecular weight excluding hydrogens is 234 g/mol. The summed E-state index contributed by atoms with van der Waals surface area (Å²) in [6, 6.07) is 12.8. The number of rotatable bonds is 0. The van der Waals surface area contributed by atoms with Crippen LogP contribution in [0.1, 0.15) is 17.7 Å². The van der Waals surface area contributed by atoms with Gasteiger partial charge < -0.3 is 4.57 Å². The van der Waals surface area contributed by atoms with Gasteiger partial charge in [0.05, 0.1) is 0 Å². The minimum Gasteiger partial charge on any atom is -0.347 e. The zero-order valence-corrected chi connectivity index (χ0v) is 10.9. The molecule has 1 heterocycles. The normalized spacial score (nSPS) is 15.1. The van der Waals surface area contributed by atoms with Gasteiger partial charge in [0.15, 0.2) is 0 Å². The molecule has 0 saturated carbocycles. The number of carbonyl (C=O) groups is 1. The van der Waals surface area contributed by atoms with Gasteiger partial charge in [0.25, 0.3) is 0 Å². The Morgan fingerprint density at radius 2 is 1.89 bits per heavy atom. The van der Waals surface area contributed by atoms with Crippen molar-refractivity contribution < 1.29 is 4.79 Å². The van der Waals surface area contributed by atoms with Crippen LogP contribution in [0.2, 0.25) is 0 Å². The fourth-order valence-electron chi connectivity index (χ4n) is 3.40. The van der Waals surface area contributed by atoms with Crippen LogP contribution in [0.4, 0.5) is 0 Å². The van der Waals surface area contributed by atoms with Crippen LogP contribution < -0.4 is 0 Å². The molecule has 1 aliphatic carbocycles. The molecule has 0 fully saturated rings. The molecule has 0 N–H and O–H groups in total. The molecule has 0 unspecified atom stereocenters. The van der Waals surface area contributed by atoms with E-state index in [1.807, 2.05) is 0 Å². The van der Waals surface area contributed by atoms with Crippen LogP contribution in [0, 0.1) is 0 Å². The third-order valence-corrected chi connectivity index (χ3v) is 4.34. The van der Waals surface area contributed by atoms with Crippen molar-refractivity contribution in [3.05, 3.63) is 47.7 Å². The van der Waals surface area contributed by atoms with Crippen LogP contribution in [0.15, 0.2) is 36.4 Å². The first-order chi connectivity index (χ1) is 9.25. The predicted molar refractivity (Wildman–Crippen MR) is 77.5 cm³/mol. The van der Waals surface area contributed by atoms with E-state index < -0.39 is 0 Å². The van der Waals surface area contributed by atoms with Crippen molar-refractivity contribution in [3.8, 4) is 0 Å². The molecular formula is C17H15NO. The van der Waals surface area contributed by atoms with Crippen molar-refractivity contribution in [2.24, 2.45) is 7.05 Å². The molecule has 94 valence electrons. The van der Waals surface area contributed by atoms with E-state index in [0.717, 1.165) is 6.42 Å². The van der Waals surface area contributed by atoms with E-state index in [1.165, 1.54) is 32.9 Å². The Morgan fingerprint density at radius 1 is 1.05 bits per heavy atom. The molecule has 1 aromatic heterocycles. The van der Waals surface area contributed by atoms with Crippen molar-refractivity contribution >= 4 is 27.5 Å². The minimum atomic E-state index is 0.368. The number of Topliss-reactive ketones (excluding diaryl/α,β-unsaturated/α-hetero) is 1.